The number of nitrogens with one attached hydrogen (secondary N) is 1. The lowest BCUT2D eigenvalue weighted by molar-refractivity contribution is -0.127. The molecule has 5 nitrogen and oxygen atoms in total. The Hall–Kier alpha value is -1.75. The third kappa shape index (κ3) is 5.61. The summed E-state index contributed by atoms with van der Waals surface area (Å²) in [5.41, 5.74) is 5.36. The van der Waals surface area contributed by atoms with Gasteiger partial charge in [0, 0.05) is 12.1 Å². The third-order valence-corrected chi connectivity index (χ3v) is 2.46. The number of hydrogen-bond donors (Lipinski definition) is 2. The van der Waals surface area contributed by atoms with Crippen LogP contribution in [0.15, 0.2) is 24.3 Å². The Morgan fingerprint density at radius 1 is 1.32 bits per heavy atom. The van der Waals surface area contributed by atoms with E-state index < -0.39 is 11.6 Å². The van der Waals surface area contributed by atoms with Gasteiger partial charge in [-0.05, 0) is 45.0 Å². The number of amides is 1. The lowest BCUT2D eigenvalue weighted by Gasteiger charge is -2.21. The van der Waals surface area contributed by atoms with Gasteiger partial charge in [-0.25, -0.2) is 0 Å². The molecule has 1 aromatic carbocycles. The lowest BCUT2D eigenvalue weighted by atomic mass is 10.1. The minimum Gasteiger partial charge on any atom is -0.497 e. The monoisotopic (exact) mass is 266 g/mol. The molecule has 106 valence electrons. The van der Waals surface area contributed by atoms with Crippen LogP contribution in [0.5, 0.6) is 11.5 Å². The molecule has 1 unspecified atom stereocenters. The summed E-state index contributed by atoms with van der Waals surface area (Å²) in [6, 6.07) is 7.08. The highest BCUT2D eigenvalue weighted by Gasteiger charge is 2.18. The third-order valence-electron chi connectivity index (χ3n) is 2.46. The molecule has 0 fully saturated rings. The molecule has 0 spiro atoms. The van der Waals surface area contributed by atoms with Crippen molar-refractivity contribution in [1.82, 2.24) is 5.32 Å². The predicted molar refractivity (Wildman–Crippen MR) is 74.4 cm³/mol. The van der Waals surface area contributed by atoms with Crippen LogP contribution in [-0.4, -0.2) is 31.2 Å². The van der Waals surface area contributed by atoms with Crippen molar-refractivity contribution < 1.29 is 14.3 Å². The maximum Gasteiger partial charge on any atom is 0.260 e. The second-order valence-corrected chi connectivity index (χ2v) is 5.14. The van der Waals surface area contributed by atoms with E-state index in [0.717, 1.165) is 5.75 Å². The number of benzene rings is 1. The van der Waals surface area contributed by atoms with E-state index in [1.54, 1.807) is 38.3 Å². The SMILES string of the molecule is COc1ccc(OC(C)C(=O)NCC(C)(C)N)cc1. The molecule has 5 heteroatoms. The summed E-state index contributed by atoms with van der Waals surface area (Å²) in [7, 11) is 1.60. The molecule has 0 radical (unpaired) electrons. The van der Waals surface area contributed by atoms with Gasteiger partial charge in [0.1, 0.15) is 11.5 Å². The van der Waals surface area contributed by atoms with E-state index in [9.17, 15) is 4.79 Å². The predicted octanol–water partition coefficient (Wildman–Crippen LogP) is 1.32. The topological polar surface area (TPSA) is 73.6 Å². The number of nitrogens with two attached hydrogens (primary N) is 1. The molecule has 0 aliphatic rings. The van der Waals surface area contributed by atoms with Crippen LogP contribution >= 0.6 is 0 Å². The van der Waals surface area contributed by atoms with Gasteiger partial charge in [0.2, 0.25) is 0 Å². The zero-order chi connectivity index (χ0) is 14.5. The Balaban J connectivity index is 2.49. The van der Waals surface area contributed by atoms with E-state index in [1.165, 1.54) is 0 Å². The van der Waals surface area contributed by atoms with Crippen molar-refractivity contribution in [2.45, 2.75) is 32.4 Å². The highest BCUT2D eigenvalue weighted by molar-refractivity contribution is 5.80. The van der Waals surface area contributed by atoms with Crippen LogP contribution in [0.25, 0.3) is 0 Å². The van der Waals surface area contributed by atoms with E-state index in [1.807, 2.05) is 13.8 Å². The van der Waals surface area contributed by atoms with Crippen molar-refractivity contribution in [3.05, 3.63) is 24.3 Å². The second kappa shape index (κ2) is 6.43. The van der Waals surface area contributed by atoms with Gasteiger partial charge in [0.25, 0.3) is 5.91 Å². The van der Waals surface area contributed by atoms with E-state index in [4.69, 9.17) is 15.2 Å². The summed E-state index contributed by atoms with van der Waals surface area (Å²) in [5, 5.41) is 2.75. The first-order valence-electron chi connectivity index (χ1n) is 6.19. The Bertz CT molecular complexity index is 410. The fraction of sp³-hybridized carbons (Fsp3) is 0.500. The minimum atomic E-state index is -0.573. The van der Waals surface area contributed by atoms with Crippen molar-refractivity contribution in [2.75, 3.05) is 13.7 Å². The molecule has 0 aliphatic carbocycles. The van der Waals surface area contributed by atoms with Crippen LogP contribution < -0.4 is 20.5 Å². The van der Waals surface area contributed by atoms with Crippen LogP contribution in [0.3, 0.4) is 0 Å². The first-order valence-corrected chi connectivity index (χ1v) is 6.19. The summed E-state index contributed by atoms with van der Waals surface area (Å²) >= 11 is 0. The molecule has 0 aromatic heterocycles. The molecule has 3 N–H and O–H groups in total. The van der Waals surface area contributed by atoms with Gasteiger partial charge < -0.3 is 20.5 Å². The number of rotatable bonds is 6. The molecule has 0 saturated heterocycles. The molecular formula is C14H22N2O3. The Morgan fingerprint density at radius 2 is 1.84 bits per heavy atom. The van der Waals surface area contributed by atoms with Crippen LogP contribution in [0.1, 0.15) is 20.8 Å². The van der Waals surface area contributed by atoms with E-state index in [-0.39, 0.29) is 5.91 Å². The highest BCUT2D eigenvalue weighted by Crippen LogP contribution is 2.18. The Morgan fingerprint density at radius 3 is 2.32 bits per heavy atom. The van der Waals surface area contributed by atoms with E-state index >= 15 is 0 Å². The zero-order valence-electron chi connectivity index (χ0n) is 11.9. The van der Waals surface area contributed by atoms with Gasteiger partial charge in [-0.15, -0.1) is 0 Å². The van der Waals surface area contributed by atoms with Crippen molar-refractivity contribution in [2.24, 2.45) is 5.73 Å². The molecular weight excluding hydrogens is 244 g/mol. The maximum absolute atomic E-state index is 11.8. The highest BCUT2D eigenvalue weighted by atomic mass is 16.5. The minimum absolute atomic E-state index is 0.186. The fourth-order valence-corrected chi connectivity index (χ4v) is 1.37. The molecule has 0 saturated carbocycles. The summed E-state index contributed by atoms with van der Waals surface area (Å²) in [4.78, 5) is 11.8. The van der Waals surface area contributed by atoms with Crippen LogP contribution in [0.4, 0.5) is 0 Å². The van der Waals surface area contributed by atoms with Gasteiger partial charge in [0.15, 0.2) is 6.10 Å². The number of carbonyl (C=O) groups excluding carboxylic acids is 1. The Labute approximate surface area is 114 Å². The van der Waals surface area contributed by atoms with Gasteiger partial charge in [-0.1, -0.05) is 0 Å². The molecule has 0 aliphatic heterocycles. The van der Waals surface area contributed by atoms with Crippen LogP contribution in [0, 0.1) is 0 Å². The Kier molecular flexibility index (Phi) is 5.18. The standard InChI is InChI=1S/C14H22N2O3/c1-10(13(17)16-9-14(2,3)15)19-12-7-5-11(18-4)6-8-12/h5-8,10H,9,15H2,1-4H3,(H,16,17). The average molecular weight is 266 g/mol. The average Bonchev–Trinajstić information content (AvgIpc) is 2.36. The van der Waals surface area contributed by atoms with Gasteiger partial charge >= 0.3 is 0 Å². The van der Waals surface area contributed by atoms with Crippen molar-refractivity contribution >= 4 is 5.91 Å². The van der Waals surface area contributed by atoms with E-state index in [2.05, 4.69) is 5.32 Å². The van der Waals surface area contributed by atoms with Gasteiger partial charge in [-0.2, -0.15) is 0 Å². The van der Waals surface area contributed by atoms with Gasteiger partial charge in [-0.3, -0.25) is 4.79 Å². The number of carbonyl (C=O) groups is 1. The smallest absolute Gasteiger partial charge is 0.260 e. The fourth-order valence-electron chi connectivity index (χ4n) is 1.37. The van der Waals surface area contributed by atoms with Crippen molar-refractivity contribution in [1.29, 1.82) is 0 Å². The summed E-state index contributed by atoms with van der Waals surface area (Å²) < 4.78 is 10.6. The summed E-state index contributed by atoms with van der Waals surface area (Å²) in [6.45, 7) is 5.80. The second-order valence-electron chi connectivity index (χ2n) is 5.14. The molecule has 1 atom stereocenters. The van der Waals surface area contributed by atoms with Crippen LogP contribution in [0.2, 0.25) is 0 Å². The van der Waals surface area contributed by atoms with Crippen molar-refractivity contribution in [3.8, 4) is 11.5 Å². The van der Waals surface area contributed by atoms with Gasteiger partial charge in [0.05, 0.1) is 7.11 Å². The number of methoxy groups -OCH3 is 1. The first-order chi connectivity index (χ1) is 8.81. The molecule has 1 amide bonds. The zero-order valence-corrected chi connectivity index (χ0v) is 11.9. The number of hydrogen-bond acceptors (Lipinski definition) is 4. The molecule has 19 heavy (non-hydrogen) atoms. The lowest BCUT2D eigenvalue weighted by Crippen LogP contribution is -2.48. The number of ether oxygens (including phenoxy) is 2. The summed E-state index contributed by atoms with van der Waals surface area (Å²) in [6.07, 6.45) is -0.573. The molecule has 0 bridgehead atoms. The maximum atomic E-state index is 11.8. The quantitative estimate of drug-likeness (QED) is 0.814. The first kappa shape index (κ1) is 15.3. The largest absolute Gasteiger partial charge is 0.497 e. The summed E-state index contributed by atoms with van der Waals surface area (Å²) in [5.74, 6) is 1.18. The molecule has 1 rings (SSSR count). The van der Waals surface area contributed by atoms with E-state index in [0.29, 0.717) is 12.3 Å². The van der Waals surface area contributed by atoms with Crippen molar-refractivity contribution in [3.63, 3.8) is 0 Å². The van der Waals surface area contributed by atoms with Crippen LogP contribution in [-0.2, 0) is 4.79 Å². The molecule has 0 heterocycles. The normalized spacial score (nSPS) is 12.7. The molecule has 1 aromatic rings.